The van der Waals surface area contributed by atoms with Gasteiger partial charge in [-0.25, -0.2) is 0 Å². The van der Waals surface area contributed by atoms with Gasteiger partial charge < -0.3 is 15.6 Å². The van der Waals surface area contributed by atoms with Crippen molar-refractivity contribution in [2.45, 2.75) is 44.2 Å². The van der Waals surface area contributed by atoms with Crippen molar-refractivity contribution >= 4 is 11.9 Å². The number of esters is 1. The van der Waals surface area contributed by atoms with Gasteiger partial charge in [-0.05, 0) is 18.4 Å². The highest BCUT2D eigenvalue weighted by Gasteiger charge is 2.47. The Morgan fingerprint density at radius 3 is 2.62 bits per heavy atom. The second-order valence-corrected chi connectivity index (χ2v) is 5.59. The SMILES string of the molecule is NC1(C(=O)O)CCCCCC1C(=O)OCc1ccccc1. The van der Waals surface area contributed by atoms with Gasteiger partial charge >= 0.3 is 11.9 Å². The average molecular weight is 291 g/mol. The van der Waals surface area contributed by atoms with Crippen molar-refractivity contribution in [3.05, 3.63) is 35.9 Å². The molecule has 0 saturated heterocycles. The van der Waals surface area contributed by atoms with E-state index in [1.165, 1.54) is 0 Å². The quantitative estimate of drug-likeness (QED) is 0.655. The van der Waals surface area contributed by atoms with Crippen LogP contribution in [0.15, 0.2) is 30.3 Å². The summed E-state index contributed by atoms with van der Waals surface area (Å²) in [5.41, 5.74) is 5.38. The molecular formula is C16H21NO4. The van der Waals surface area contributed by atoms with Gasteiger partial charge in [-0.2, -0.15) is 0 Å². The third kappa shape index (κ3) is 3.61. The van der Waals surface area contributed by atoms with Crippen LogP contribution in [-0.2, 0) is 20.9 Å². The Labute approximate surface area is 124 Å². The molecule has 21 heavy (non-hydrogen) atoms. The molecule has 1 aliphatic carbocycles. The standard InChI is InChI=1S/C16H21NO4/c17-16(15(19)20)10-6-2-5-9-13(16)14(18)21-11-12-7-3-1-4-8-12/h1,3-4,7-8,13H,2,5-6,9-11,17H2,(H,19,20). The van der Waals surface area contributed by atoms with Crippen molar-refractivity contribution in [1.82, 2.24) is 0 Å². The van der Waals surface area contributed by atoms with Crippen LogP contribution in [0, 0.1) is 5.92 Å². The number of nitrogens with two attached hydrogens (primary N) is 1. The van der Waals surface area contributed by atoms with E-state index < -0.39 is 23.4 Å². The highest BCUT2D eigenvalue weighted by atomic mass is 16.5. The normalized spacial score (nSPS) is 25.9. The summed E-state index contributed by atoms with van der Waals surface area (Å²) in [6, 6.07) is 9.31. The molecule has 1 aliphatic rings. The summed E-state index contributed by atoms with van der Waals surface area (Å²) in [6.45, 7) is 0.145. The van der Waals surface area contributed by atoms with Crippen molar-refractivity contribution in [1.29, 1.82) is 0 Å². The van der Waals surface area contributed by atoms with Crippen LogP contribution >= 0.6 is 0 Å². The van der Waals surface area contributed by atoms with Gasteiger partial charge in [0, 0.05) is 0 Å². The second-order valence-electron chi connectivity index (χ2n) is 5.59. The molecule has 2 rings (SSSR count). The van der Waals surface area contributed by atoms with Crippen molar-refractivity contribution in [2.24, 2.45) is 11.7 Å². The molecule has 3 N–H and O–H groups in total. The highest BCUT2D eigenvalue weighted by Crippen LogP contribution is 2.32. The van der Waals surface area contributed by atoms with E-state index in [4.69, 9.17) is 10.5 Å². The average Bonchev–Trinajstić information content (AvgIpc) is 2.69. The van der Waals surface area contributed by atoms with Crippen LogP contribution in [0.2, 0.25) is 0 Å². The molecule has 1 aromatic rings. The fourth-order valence-electron chi connectivity index (χ4n) is 2.79. The van der Waals surface area contributed by atoms with Gasteiger partial charge in [0.15, 0.2) is 0 Å². The summed E-state index contributed by atoms with van der Waals surface area (Å²) in [4.78, 5) is 23.8. The predicted molar refractivity (Wildman–Crippen MR) is 77.4 cm³/mol. The van der Waals surface area contributed by atoms with E-state index in [1.807, 2.05) is 30.3 Å². The lowest BCUT2D eigenvalue weighted by molar-refractivity contribution is -0.160. The Balaban J connectivity index is 2.06. The third-order valence-corrected chi connectivity index (χ3v) is 4.11. The summed E-state index contributed by atoms with van der Waals surface area (Å²) >= 11 is 0. The molecule has 0 spiro atoms. The minimum atomic E-state index is -1.51. The molecule has 2 unspecified atom stereocenters. The van der Waals surface area contributed by atoms with Crippen LogP contribution in [-0.4, -0.2) is 22.6 Å². The van der Waals surface area contributed by atoms with Gasteiger partial charge in [-0.3, -0.25) is 9.59 Å². The lowest BCUT2D eigenvalue weighted by Crippen LogP contribution is -2.56. The molecule has 0 aliphatic heterocycles. The van der Waals surface area contributed by atoms with Gasteiger partial charge in [0.1, 0.15) is 12.1 Å². The Morgan fingerprint density at radius 2 is 1.95 bits per heavy atom. The van der Waals surface area contributed by atoms with Crippen molar-refractivity contribution in [3.8, 4) is 0 Å². The lowest BCUT2D eigenvalue weighted by Gasteiger charge is -2.30. The Kier molecular flexibility index (Phi) is 4.96. The zero-order valence-electron chi connectivity index (χ0n) is 12.0. The minimum absolute atomic E-state index is 0.145. The van der Waals surface area contributed by atoms with E-state index in [-0.39, 0.29) is 6.61 Å². The van der Waals surface area contributed by atoms with Gasteiger partial charge in [0.25, 0.3) is 0 Å². The molecule has 114 valence electrons. The Bertz CT molecular complexity index is 502. The first-order valence-electron chi connectivity index (χ1n) is 7.27. The molecule has 1 fully saturated rings. The number of carbonyl (C=O) groups is 2. The van der Waals surface area contributed by atoms with Crippen molar-refractivity contribution in [3.63, 3.8) is 0 Å². The molecule has 0 amide bonds. The monoisotopic (exact) mass is 291 g/mol. The smallest absolute Gasteiger partial charge is 0.324 e. The maximum atomic E-state index is 12.3. The summed E-state index contributed by atoms with van der Waals surface area (Å²) in [5.74, 6) is -2.40. The summed E-state index contributed by atoms with van der Waals surface area (Å²) in [7, 11) is 0. The van der Waals surface area contributed by atoms with E-state index in [0.29, 0.717) is 12.8 Å². The molecule has 0 heterocycles. The number of benzene rings is 1. The van der Waals surface area contributed by atoms with Crippen LogP contribution in [0.25, 0.3) is 0 Å². The van der Waals surface area contributed by atoms with Crippen LogP contribution in [0.4, 0.5) is 0 Å². The van der Waals surface area contributed by atoms with E-state index in [1.54, 1.807) is 0 Å². The Morgan fingerprint density at radius 1 is 1.24 bits per heavy atom. The molecule has 5 heteroatoms. The fraction of sp³-hybridized carbons (Fsp3) is 0.500. The maximum absolute atomic E-state index is 12.3. The summed E-state index contributed by atoms with van der Waals surface area (Å²) in [5, 5.41) is 9.39. The number of rotatable bonds is 4. The molecule has 0 bridgehead atoms. The summed E-state index contributed by atoms with van der Waals surface area (Å²) < 4.78 is 5.29. The Hall–Kier alpha value is -1.88. The minimum Gasteiger partial charge on any atom is -0.480 e. The van der Waals surface area contributed by atoms with Crippen LogP contribution in [0.1, 0.15) is 37.7 Å². The van der Waals surface area contributed by atoms with Crippen LogP contribution in [0.5, 0.6) is 0 Å². The number of hydrogen-bond acceptors (Lipinski definition) is 4. The third-order valence-electron chi connectivity index (χ3n) is 4.11. The van der Waals surface area contributed by atoms with Gasteiger partial charge in [-0.15, -0.1) is 0 Å². The first-order chi connectivity index (χ1) is 10.0. The highest BCUT2D eigenvalue weighted by molar-refractivity contribution is 5.87. The fourth-order valence-corrected chi connectivity index (χ4v) is 2.79. The topological polar surface area (TPSA) is 89.6 Å². The zero-order chi connectivity index (χ0) is 15.3. The predicted octanol–water partition coefficient (Wildman–Crippen LogP) is 2.09. The maximum Gasteiger partial charge on any atom is 0.324 e. The molecule has 0 radical (unpaired) electrons. The van der Waals surface area contributed by atoms with Gasteiger partial charge in [-0.1, -0.05) is 49.6 Å². The number of hydrogen-bond donors (Lipinski definition) is 2. The van der Waals surface area contributed by atoms with Gasteiger partial charge in [0.2, 0.25) is 0 Å². The lowest BCUT2D eigenvalue weighted by atomic mass is 9.80. The molecule has 2 atom stereocenters. The number of carboxylic acid groups (broad SMARTS) is 1. The van der Waals surface area contributed by atoms with Crippen LogP contribution in [0.3, 0.4) is 0 Å². The van der Waals surface area contributed by atoms with E-state index in [9.17, 15) is 14.7 Å². The molecular weight excluding hydrogens is 270 g/mol. The number of ether oxygens (including phenoxy) is 1. The second kappa shape index (κ2) is 6.72. The van der Waals surface area contributed by atoms with E-state index in [0.717, 1.165) is 24.8 Å². The molecule has 0 aromatic heterocycles. The van der Waals surface area contributed by atoms with E-state index in [2.05, 4.69) is 0 Å². The number of carboxylic acids is 1. The van der Waals surface area contributed by atoms with Gasteiger partial charge in [0.05, 0.1) is 5.92 Å². The van der Waals surface area contributed by atoms with Crippen molar-refractivity contribution in [2.75, 3.05) is 0 Å². The summed E-state index contributed by atoms with van der Waals surface area (Å²) in [6.07, 6.45) is 3.21. The molecule has 1 saturated carbocycles. The van der Waals surface area contributed by atoms with Crippen LogP contribution < -0.4 is 5.73 Å². The molecule has 5 nitrogen and oxygen atoms in total. The first kappa shape index (κ1) is 15.5. The first-order valence-corrected chi connectivity index (χ1v) is 7.27. The number of carbonyl (C=O) groups excluding carboxylic acids is 1. The number of aliphatic carboxylic acids is 1. The van der Waals surface area contributed by atoms with Crippen molar-refractivity contribution < 1.29 is 19.4 Å². The largest absolute Gasteiger partial charge is 0.480 e. The zero-order valence-corrected chi connectivity index (χ0v) is 12.0. The van der Waals surface area contributed by atoms with E-state index >= 15 is 0 Å². The molecule has 1 aromatic carbocycles.